The molecule has 1 fully saturated rings. The van der Waals surface area contributed by atoms with E-state index in [-0.39, 0.29) is 18.3 Å². The van der Waals surface area contributed by atoms with Gasteiger partial charge in [-0.15, -0.1) is 0 Å². The number of hydrogen-bond donors (Lipinski definition) is 3. The first-order valence-electron chi connectivity index (χ1n) is 9.07. The topological polar surface area (TPSA) is 65.5 Å². The number of hydrogen-bond acceptors (Lipinski definition) is 2. The maximum atomic E-state index is 13.1. The van der Waals surface area contributed by atoms with Gasteiger partial charge in [-0.05, 0) is 49.4 Å². The molecule has 0 atom stereocenters. The summed E-state index contributed by atoms with van der Waals surface area (Å²) >= 11 is 0. The third kappa shape index (κ3) is 6.72. The molecule has 0 radical (unpaired) electrons. The van der Waals surface area contributed by atoms with Crippen LogP contribution in [0.3, 0.4) is 0 Å². The van der Waals surface area contributed by atoms with E-state index in [4.69, 9.17) is 0 Å². The van der Waals surface area contributed by atoms with Crippen molar-refractivity contribution in [2.24, 2.45) is 4.99 Å². The van der Waals surface area contributed by atoms with Crippen LogP contribution in [0.2, 0.25) is 0 Å². The number of nitrogens with one attached hydrogen (secondary N) is 3. The van der Waals surface area contributed by atoms with E-state index < -0.39 is 0 Å². The lowest BCUT2D eigenvalue weighted by Crippen LogP contribution is -2.46. The summed E-state index contributed by atoms with van der Waals surface area (Å²) in [4.78, 5) is 16.1. The van der Waals surface area contributed by atoms with E-state index in [1.54, 1.807) is 13.1 Å². The molecule has 0 aromatic heterocycles. The van der Waals surface area contributed by atoms with Gasteiger partial charge in [-0.2, -0.15) is 0 Å². The number of carbonyl (C=O) groups excluding carboxylic acids is 1. The molecule has 138 valence electrons. The maximum Gasteiger partial charge on any atom is 0.239 e. The van der Waals surface area contributed by atoms with Crippen molar-refractivity contribution in [1.29, 1.82) is 0 Å². The Labute approximate surface area is 149 Å². The molecule has 0 aliphatic heterocycles. The average Bonchev–Trinajstić information content (AvgIpc) is 2.60. The third-order valence-corrected chi connectivity index (χ3v) is 4.60. The molecule has 6 heteroatoms. The van der Waals surface area contributed by atoms with Gasteiger partial charge in [0.2, 0.25) is 5.91 Å². The van der Waals surface area contributed by atoms with Gasteiger partial charge in [0.1, 0.15) is 5.82 Å². The molecular formula is C19H29FN4O. The Bertz CT molecular complexity index is 597. The second kappa shape index (κ2) is 10.0. The van der Waals surface area contributed by atoms with Crippen molar-refractivity contribution in [1.82, 2.24) is 16.0 Å². The molecule has 3 N–H and O–H groups in total. The van der Waals surface area contributed by atoms with Gasteiger partial charge in [0, 0.05) is 19.6 Å². The zero-order valence-corrected chi connectivity index (χ0v) is 15.2. The Morgan fingerprint density at radius 3 is 2.68 bits per heavy atom. The summed E-state index contributed by atoms with van der Waals surface area (Å²) in [7, 11) is 1.68. The minimum Gasteiger partial charge on any atom is -0.356 e. The van der Waals surface area contributed by atoms with Gasteiger partial charge < -0.3 is 16.0 Å². The van der Waals surface area contributed by atoms with E-state index in [0.29, 0.717) is 18.5 Å². The van der Waals surface area contributed by atoms with Gasteiger partial charge in [-0.3, -0.25) is 9.79 Å². The second-order valence-electron chi connectivity index (χ2n) is 6.58. The van der Waals surface area contributed by atoms with E-state index in [1.165, 1.54) is 31.4 Å². The van der Waals surface area contributed by atoms with Crippen LogP contribution in [0.1, 0.15) is 43.2 Å². The number of rotatable bonds is 6. The van der Waals surface area contributed by atoms with Crippen LogP contribution in [-0.4, -0.2) is 38.0 Å². The predicted molar refractivity (Wildman–Crippen MR) is 99.2 cm³/mol. The molecule has 5 nitrogen and oxygen atoms in total. The Balaban J connectivity index is 1.68. The van der Waals surface area contributed by atoms with Crippen LogP contribution in [0.15, 0.2) is 23.2 Å². The highest BCUT2D eigenvalue weighted by atomic mass is 19.1. The molecule has 0 heterocycles. The zero-order valence-electron chi connectivity index (χ0n) is 15.2. The van der Waals surface area contributed by atoms with Gasteiger partial charge in [0.25, 0.3) is 0 Å². The van der Waals surface area contributed by atoms with Gasteiger partial charge in [0.15, 0.2) is 5.96 Å². The first kappa shape index (κ1) is 19.2. The minimum atomic E-state index is -0.212. The number of benzene rings is 1. The summed E-state index contributed by atoms with van der Waals surface area (Å²) in [5, 5.41) is 9.29. The summed E-state index contributed by atoms with van der Waals surface area (Å²) in [6.07, 6.45) is 6.59. The fourth-order valence-electron chi connectivity index (χ4n) is 3.17. The molecule has 0 bridgehead atoms. The number of aliphatic imine (C=N–C) groups is 1. The van der Waals surface area contributed by atoms with E-state index in [2.05, 4.69) is 20.9 Å². The second-order valence-corrected chi connectivity index (χ2v) is 6.58. The third-order valence-electron chi connectivity index (χ3n) is 4.60. The summed E-state index contributed by atoms with van der Waals surface area (Å²) in [5.74, 6) is 0.387. The van der Waals surface area contributed by atoms with Crippen LogP contribution in [-0.2, 0) is 11.2 Å². The van der Waals surface area contributed by atoms with Crippen molar-refractivity contribution in [3.8, 4) is 0 Å². The largest absolute Gasteiger partial charge is 0.356 e. The number of guanidine groups is 1. The molecule has 1 amide bonds. The summed E-state index contributed by atoms with van der Waals surface area (Å²) in [5.41, 5.74) is 2.04. The number of amides is 1. The Hall–Kier alpha value is -2.11. The molecule has 1 aromatic rings. The van der Waals surface area contributed by atoms with Crippen LogP contribution in [0, 0.1) is 12.7 Å². The van der Waals surface area contributed by atoms with Crippen molar-refractivity contribution >= 4 is 11.9 Å². The zero-order chi connectivity index (χ0) is 18.1. The highest BCUT2D eigenvalue weighted by molar-refractivity contribution is 5.86. The van der Waals surface area contributed by atoms with Gasteiger partial charge in [-0.1, -0.05) is 25.3 Å². The molecule has 25 heavy (non-hydrogen) atoms. The molecule has 0 unspecified atom stereocenters. The Kier molecular flexibility index (Phi) is 7.70. The minimum absolute atomic E-state index is 0.00392. The lowest BCUT2D eigenvalue weighted by Gasteiger charge is -2.23. The van der Waals surface area contributed by atoms with Crippen LogP contribution < -0.4 is 16.0 Å². The number of aryl methyl sites for hydroxylation is 1. The summed E-state index contributed by atoms with van der Waals surface area (Å²) in [6.45, 7) is 2.78. The van der Waals surface area contributed by atoms with E-state index >= 15 is 0 Å². The van der Waals surface area contributed by atoms with Crippen molar-refractivity contribution in [2.75, 3.05) is 20.1 Å². The Morgan fingerprint density at radius 1 is 1.24 bits per heavy atom. The first-order chi connectivity index (χ1) is 12.1. The molecule has 1 aromatic carbocycles. The lowest BCUT2D eigenvalue weighted by atomic mass is 9.95. The fourth-order valence-corrected chi connectivity index (χ4v) is 3.17. The molecule has 1 aliphatic carbocycles. The number of halogens is 1. The van der Waals surface area contributed by atoms with Crippen LogP contribution in [0.25, 0.3) is 0 Å². The van der Waals surface area contributed by atoms with Crippen LogP contribution in [0.5, 0.6) is 0 Å². The van der Waals surface area contributed by atoms with Crippen molar-refractivity contribution < 1.29 is 9.18 Å². The van der Waals surface area contributed by atoms with E-state index in [0.717, 1.165) is 30.4 Å². The molecule has 2 rings (SSSR count). The first-order valence-corrected chi connectivity index (χ1v) is 9.07. The average molecular weight is 348 g/mol. The highest BCUT2D eigenvalue weighted by Gasteiger charge is 2.15. The fraction of sp³-hybridized carbons (Fsp3) is 0.579. The normalized spacial score (nSPS) is 15.7. The van der Waals surface area contributed by atoms with Crippen molar-refractivity contribution in [3.63, 3.8) is 0 Å². The monoisotopic (exact) mass is 348 g/mol. The van der Waals surface area contributed by atoms with Crippen LogP contribution in [0.4, 0.5) is 4.39 Å². The molecule has 1 aliphatic rings. The number of nitrogens with zero attached hydrogens (tertiary/aromatic N) is 1. The van der Waals surface area contributed by atoms with Gasteiger partial charge >= 0.3 is 0 Å². The van der Waals surface area contributed by atoms with Crippen LogP contribution >= 0.6 is 0 Å². The molecular weight excluding hydrogens is 319 g/mol. The standard InChI is InChI=1S/C19H29FN4O/c1-14-12-16(20)9-8-15(14)10-11-22-19(21-2)23-13-18(25)24-17-6-4-3-5-7-17/h8-9,12,17H,3-7,10-11,13H2,1-2H3,(H,24,25)(H2,21,22,23). The van der Waals surface area contributed by atoms with Crippen molar-refractivity contribution in [3.05, 3.63) is 35.1 Å². The SMILES string of the molecule is CN=C(NCCc1ccc(F)cc1C)NCC(=O)NC1CCCCC1. The molecule has 1 saturated carbocycles. The van der Waals surface area contributed by atoms with Crippen molar-refractivity contribution in [2.45, 2.75) is 51.5 Å². The number of carbonyl (C=O) groups is 1. The highest BCUT2D eigenvalue weighted by Crippen LogP contribution is 2.17. The summed E-state index contributed by atoms with van der Waals surface area (Å²) < 4.78 is 13.1. The molecule has 0 spiro atoms. The smallest absolute Gasteiger partial charge is 0.239 e. The summed E-state index contributed by atoms with van der Waals surface area (Å²) in [6, 6.07) is 5.14. The van der Waals surface area contributed by atoms with Gasteiger partial charge in [-0.25, -0.2) is 4.39 Å². The van der Waals surface area contributed by atoms with E-state index in [1.807, 2.05) is 6.92 Å². The maximum absolute atomic E-state index is 13.1. The van der Waals surface area contributed by atoms with E-state index in [9.17, 15) is 9.18 Å². The molecule has 0 saturated heterocycles. The quantitative estimate of drug-likeness (QED) is 0.546. The predicted octanol–water partition coefficient (Wildman–Crippen LogP) is 2.29. The van der Waals surface area contributed by atoms with Gasteiger partial charge in [0.05, 0.1) is 6.54 Å². The Morgan fingerprint density at radius 2 is 2.00 bits per heavy atom. The lowest BCUT2D eigenvalue weighted by molar-refractivity contribution is -0.120.